The summed E-state index contributed by atoms with van der Waals surface area (Å²) in [5.74, 6) is -1.07. The predicted octanol–water partition coefficient (Wildman–Crippen LogP) is 0.898. The standard InChI is InChI=1S/C12H17N3O4S/c1-12(19)2-4-15(5-3-12)11(18)13-6-9-14-8(7-20-9)10(16)17/h7,19H,2-6H2,1H3,(H,13,18)(H,16,17). The maximum absolute atomic E-state index is 11.9. The van der Waals surface area contributed by atoms with E-state index in [4.69, 9.17) is 5.11 Å². The van der Waals surface area contributed by atoms with Crippen molar-refractivity contribution >= 4 is 23.3 Å². The number of amides is 2. The molecular formula is C12H17N3O4S. The first kappa shape index (κ1) is 14.7. The Morgan fingerprint density at radius 1 is 1.50 bits per heavy atom. The van der Waals surface area contributed by atoms with Crippen molar-refractivity contribution in [3.63, 3.8) is 0 Å². The molecule has 1 aliphatic heterocycles. The molecule has 1 aliphatic rings. The van der Waals surface area contributed by atoms with E-state index < -0.39 is 11.6 Å². The lowest BCUT2D eigenvalue weighted by atomic mass is 9.94. The van der Waals surface area contributed by atoms with Crippen LogP contribution in [-0.4, -0.2) is 50.8 Å². The number of aliphatic hydroxyl groups is 1. The molecule has 0 aliphatic carbocycles. The van der Waals surface area contributed by atoms with Gasteiger partial charge in [-0.25, -0.2) is 14.6 Å². The summed E-state index contributed by atoms with van der Waals surface area (Å²) in [6.45, 7) is 3.00. The summed E-state index contributed by atoms with van der Waals surface area (Å²) in [5, 5.41) is 23.3. The molecular weight excluding hydrogens is 282 g/mol. The second-order valence-corrected chi connectivity index (χ2v) is 6.02. The number of aromatic nitrogens is 1. The van der Waals surface area contributed by atoms with Crippen molar-refractivity contribution in [2.75, 3.05) is 13.1 Å². The van der Waals surface area contributed by atoms with E-state index in [1.807, 2.05) is 0 Å². The van der Waals surface area contributed by atoms with Crippen LogP contribution in [0.4, 0.5) is 4.79 Å². The predicted molar refractivity (Wildman–Crippen MR) is 72.7 cm³/mol. The molecule has 8 heteroatoms. The maximum atomic E-state index is 11.9. The van der Waals surface area contributed by atoms with E-state index in [9.17, 15) is 14.7 Å². The lowest BCUT2D eigenvalue weighted by Gasteiger charge is -2.35. The number of urea groups is 1. The third kappa shape index (κ3) is 3.67. The van der Waals surface area contributed by atoms with Crippen LogP contribution in [0.2, 0.25) is 0 Å². The first-order chi connectivity index (χ1) is 9.37. The number of carbonyl (C=O) groups excluding carboxylic acids is 1. The van der Waals surface area contributed by atoms with Crippen molar-refractivity contribution in [3.8, 4) is 0 Å². The van der Waals surface area contributed by atoms with Crippen LogP contribution in [-0.2, 0) is 6.54 Å². The molecule has 0 bridgehead atoms. The summed E-state index contributed by atoms with van der Waals surface area (Å²) in [4.78, 5) is 28.1. The minimum atomic E-state index is -1.07. The van der Waals surface area contributed by atoms with Gasteiger partial charge in [-0.1, -0.05) is 0 Å². The van der Waals surface area contributed by atoms with Gasteiger partial charge in [0.25, 0.3) is 0 Å². The van der Waals surface area contributed by atoms with Gasteiger partial charge in [-0.15, -0.1) is 11.3 Å². The molecule has 0 unspecified atom stereocenters. The van der Waals surface area contributed by atoms with Crippen LogP contribution in [0.25, 0.3) is 0 Å². The second-order valence-electron chi connectivity index (χ2n) is 5.07. The monoisotopic (exact) mass is 299 g/mol. The number of aromatic carboxylic acids is 1. The average Bonchev–Trinajstić information content (AvgIpc) is 2.85. The van der Waals surface area contributed by atoms with Gasteiger partial charge < -0.3 is 20.4 Å². The van der Waals surface area contributed by atoms with E-state index in [1.165, 1.54) is 16.7 Å². The van der Waals surface area contributed by atoms with Crippen LogP contribution < -0.4 is 5.32 Å². The third-order valence-electron chi connectivity index (χ3n) is 3.29. The van der Waals surface area contributed by atoms with Crippen LogP contribution in [0.15, 0.2) is 5.38 Å². The first-order valence-corrected chi connectivity index (χ1v) is 7.18. The molecule has 0 radical (unpaired) electrons. The molecule has 1 aromatic rings. The van der Waals surface area contributed by atoms with E-state index in [0.29, 0.717) is 30.9 Å². The molecule has 1 saturated heterocycles. The van der Waals surface area contributed by atoms with Crippen molar-refractivity contribution < 1.29 is 19.8 Å². The number of rotatable bonds is 3. The van der Waals surface area contributed by atoms with Gasteiger partial charge in [-0.3, -0.25) is 0 Å². The Kier molecular flexibility index (Phi) is 4.24. The van der Waals surface area contributed by atoms with E-state index >= 15 is 0 Å². The average molecular weight is 299 g/mol. The Morgan fingerprint density at radius 3 is 2.70 bits per heavy atom. The zero-order valence-electron chi connectivity index (χ0n) is 11.1. The van der Waals surface area contributed by atoms with Crippen LogP contribution in [0.3, 0.4) is 0 Å². The smallest absolute Gasteiger partial charge is 0.355 e. The Hall–Kier alpha value is -1.67. The summed E-state index contributed by atoms with van der Waals surface area (Å²) in [5.41, 5.74) is -0.698. The fourth-order valence-corrected chi connectivity index (χ4v) is 2.65. The number of thiazole rings is 1. The van der Waals surface area contributed by atoms with Crippen LogP contribution in [0, 0.1) is 0 Å². The molecule has 20 heavy (non-hydrogen) atoms. The molecule has 0 spiro atoms. The highest BCUT2D eigenvalue weighted by Gasteiger charge is 2.29. The summed E-state index contributed by atoms with van der Waals surface area (Å²) in [7, 11) is 0. The number of carboxylic acids is 1. The molecule has 110 valence electrons. The number of nitrogens with one attached hydrogen (secondary N) is 1. The van der Waals surface area contributed by atoms with Crippen molar-refractivity contribution in [1.29, 1.82) is 0 Å². The van der Waals surface area contributed by atoms with Gasteiger partial charge in [0.1, 0.15) is 5.01 Å². The van der Waals surface area contributed by atoms with E-state index in [0.717, 1.165) is 0 Å². The second kappa shape index (κ2) is 5.76. The van der Waals surface area contributed by atoms with Gasteiger partial charge in [0.05, 0.1) is 12.1 Å². The molecule has 1 aromatic heterocycles. The lowest BCUT2D eigenvalue weighted by Crippen LogP contribution is -2.48. The Labute approximate surface area is 120 Å². The van der Waals surface area contributed by atoms with Gasteiger partial charge in [-0.05, 0) is 19.8 Å². The highest BCUT2D eigenvalue weighted by Crippen LogP contribution is 2.21. The van der Waals surface area contributed by atoms with Crippen LogP contribution >= 0.6 is 11.3 Å². The van der Waals surface area contributed by atoms with Gasteiger partial charge in [0, 0.05) is 18.5 Å². The number of nitrogens with zero attached hydrogens (tertiary/aromatic N) is 2. The van der Waals surface area contributed by atoms with E-state index in [1.54, 1.807) is 11.8 Å². The normalized spacial score (nSPS) is 17.8. The number of likely N-dealkylation sites (tertiary alicyclic amines) is 1. The minimum absolute atomic E-state index is 0.00623. The van der Waals surface area contributed by atoms with Crippen LogP contribution in [0.1, 0.15) is 35.3 Å². The number of piperidine rings is 1. The molecule has 7 nitrogen and oxygen atoms in total. The van der Waals surface area contributed by atoms with Gasteiger partial charge in [0.15, 0.2) is 5.69 Å². The number of carboxylic acid groups (broad SMARTS) is 1. The molecule has 0 aromatic carbocycles. The molecule has 2 rings (SSSR count). The summed E-state index contributed by atoms with van der Waals surface area (Å²) in [6.07, 6.45) is 1.11. The fourth-order valence-electron chi connectivity index (χ4n) is 1.94. The summed E-state index contributed by atoms with van der Waals surface area (Å²) >= 11 is 1.20. The van der Waals surface area contributed by atoms with Crippen molar-refractivity contribution in [1.82, 2.24) is 15.2 Å². The van der Waals surface area contributed by atoms with E-state index in [-0.39, 0.29) is 18.3 Å². The number of hydrogen-bond acceptors (Lipinski definition) is 5. The molecule has 0 saturated carbocycles. The molecule has 3 N–H and O–H groups in total. The summed E-state index contributed by atoms with van der Waals surface area (Å²) in [6, 6.07) is -0.215. The number of hydrogen-bond donors (Lipinski definition) is 3. The quantitative estimate of drug-likeness (QED) is 0.769. The highest BCUT2D eigenvalue weighted by atomic mass is 32.1. The molecule has 2 heterocycles. The fraction of sp³-hybridized carbons (Fsp3) is 0.583. The van der Waals surface area contributed by atoms with Crippen molar-refractivity contribution in [3.05, 3.63) is 16.1 Å². The van der Waals surface area contributed by atoms with Gasteiger partial charge >= 0.3 is 12.0 Å². The number of carbonyl (C=O) groups is 2. The zero-order valence-corrected chi connectivity index (χ0v) is 11.9. The Balaban J connectivity index is 1.81. The molecule has 1 fully saturated rings. The molecule has 0 atom stereocenters. The Bertz CT molecular complexity index is 505. The Morgan fingerprint density at radius 2 is 2.15 bits per heavy atom. The molecule has 2 amide bonds. The lowest BCUT2D eigenvalue weighted by molar-refractivity contribution is 0.00435. The summed E-state index contributed by atoms with van der Waals surface area (Å²) < 4.78 is 0. The van der Waals surface area contributed by atoms with Gasteiger partial charge in [0.2, 0.25) is 0 Å². The minimum Gasteiger partial charge on any atom is -0.476 e. The van der Waals surface area contributed by atoms with Crippen LogP contribution in [0.5, 0.6) is 0 Å². The van der Waals surface area contributed by atoms with Crippen molar-refractivity contribution in [2.24, 2.45) is 0 Å². The van der Waals surface area contributed by atoms with Gasteiger partial charge in [-0.2, -0.15) is 0 Å². The van der Waals surface area contributed by atoms with Crippen molar-refractivity contribution in [2.45, 2.75) is 31.9 Å². The van der Waals surface area contributed by atoms with E-state index in [2.05, 4.69) is 10.3 Å². The topological polar surface area (TPSA) is 103 Å². The third-order valence-corrected chi connectivity index (χ3v) is 4.14. The first-order valence-electron chi connectivity index (χ1n) is 6.30. The largest absolute Gasteiger partial charge is 0.476 e. The SMILES string of the molecule is CC1(O)CCN(C(=O)NCc2nc(C(=O)O)cs2)CC1. The maximum Gasteiger partial charge on any atom is 0.355 e. The zero-order chi connectivity index (χ0) is 14.8. The highest BCUT2D eigenvalue weighted by molar-refractivity contribution is 7.09.